The van der Waals surface area contributed by atoms with E-state index >= 15 is 0 Å². The average Bonchev–Trinajstić information content (AvgIpc) is 2.77. The van der Waals surface area contributed by atoms with Crippen molar-refractivity contribution in [1.29, 1.82) is 0 Å². The van der Waals surface area contributed by atoms with E-state index in [1.807, 2.05) is 6.92 Å². The van der Waals surface area contributed by atoms with Crippen LogP contribution in [0.5, 0.6) is 0 Å². The molecule has 0 aliphatic rings. The summed E-state index contributed by atoms with van der Waals surface area (Å²) in [5.74, 6) is 0. The second-order valence-electron chi connectivity index (χ2n) is 3.31. The van der Waals surface area contributed by atoms with Crippen molar-refractivity contribution in [3.63, 3.8) is 0 Å². The molecule has 3 aromatic rings. The minimum absolute atomic E-state index is 0.197. The number of fused-ring (bicyclic) bond motifs is 3. The molecule has 3 heterocycles. The van der Waals surface area contributed by atoms with Gasteiger partial charge in [0.2, 0.25) is 0 Å². The van der Waals surface area contributed by atoms with Gasteiger partial charge in [0.05, 0.1) is 6.20 Å². The number of rotatable bonds is 1. The molecule has 0 aliphatic heterocycles. The largest absolute Gasteiger partial charge is 0.297 e. The van der Waals surface area contributed by atoms with Crippen LogP contribution >= 0.6 is 0 Å². The molecule has 80 valence electrons. The molecule has 3 aromatic heterocycles. The van der Waals surface area contributed by atoms with Gasteiger partial charge < -0.3 is 0 Å². The van der Waals surface area contributed by atoms with Gasteiger partial charge in [-0.25, -0.2) is 4.98 Å². The fourth-order valence-corrected chi connectivity index (χ4v) is 1.57. The van der Waals surface area contributed by atoms with Crippen LogP contribution in [0.3, 0.4) is 0 Å². The number of hydrogen-bond donors (Lipinski definition) is 0. The Balaban J connectivity index is 2.55. The lowest BCUT2D eigenvalue weighted by Gasteiger charge is -2.02. The molecular formula is C9H8N6O. The fraction of sp³-hybridized carbons (Fsp3) is 0.222. The van der Waals surface area contributed by atoms with E-state index in [9.17, 15) is 4.79 Å². The van der Waals surface area contributed by atoms with Gasteiger partial charge in [0, 0.05) is 12.6 Å². The summed E-state index contributed by atoms with van der Waals surface area (Å²) in [7, 11) is 0. The van der Waals surface area contributed by atoms with E-state index in [4.69, 9.17) is 0 Å². The molecule has 0 bridgehead atoms. The monoisotopic (exact) mass is 216 g/mol. The van der Waals surface area contributed by atoms with Crippen molar-refractivity contribution in [2.45, 2.75) is 13.5 Å². The zero-order valence-corrected chi connectivity index (χ0v) is 8.53. The molecule has 0 saturated carbocycles. The van der Waals surface area contributed by atoms with Crippen LogP contribution in [0.2, 0.25) is 0 Å². The number of nitrogens with zero attached hydrogens (tertiary/aromatic N) is 6. The van der Waals surface area contributed by atoms with E-state index in [-0.39, 0.29) is 11.1 Å². The molecule has 0 unspecified atom stereocenters. The standard InChI is InChI=1S/C9H8N6O/c1-2-14-5-10-8-7(9(14)16)13-12-6-3-4-11-15(6)8/h3-5H,2H2,1H3. The Bertz CT molecular complexity index is 728. The number of hydrogen-bond acceptors (Lipinski definition) is 5. The van der Waals surface area contributed by atoms with Gasteiger partial charge in [-0.15, -0.1) is 10.2 Å². The highest BCUT2D eigenvalue weighted by Crippen LogP contribution is 2.04. The normalized spacial score (nSPS) is 11.3. The lowest BCUT2D eigenvalue weighted by Crippen LogP contribution is -2.22. The summed E-state index contributed by atoms with van der Waals surface area (Å²) in [6.07, 6.45) is 3.09. The van der Waals surface area contributed by atoms with E-state index in [0.29, 0.717) is 17.8 Å². The molecule has 0 saturated heterocycles. The van der Waals surface area contributed by atoms with Gasteiger partial charge in [-0.3, -0.25) is 9.36 Å². The van der Waals surface area contributed by atoms with Crippen molar-refractivity contribution >= 4 is 16.8 Å². The predicted molar refractivity (Wildman–Crippen MR) is 56.0 cm³/mol. The minimum atomic E-state index is -0.197. The van der Waals surface area contributed by atoms with Crippen LogP contribution in [0.25, 0.3) is 16.8 Å². The Morgan fingerprint density at radius 3 is 3.06 bits per heavy atom. The molecule has 0 amide bonds. The van der Waals surface area contributed by atoms with Crippen molar-refractivity contribution in [3.05, 3.63) is 28.9 Å². The summed E-state index contributed by atoms with van der Waals surface area (Å²) in [6.45, 7) is 2.43. The highest BCUT2D eigenvalue weighted by atomic mass is 16.1. The van der Waals surface area contributed by atoms with Gasteiger partial charge in [0.1, 0.15) is 6.33 Å². The van der Waals surface area contributed by atoms with Crippen molar-refractivity contribution in [2.24, 2.45) is 0 Å². The average molecular weight is 216 g/mol. The summed E-state index contributed by atoms with van der Waals surface area (Å²) >= 11 is 0. The van der Waals surface area contributed by atoms with Crippen LogP contribution < -0.4 is 5.56 Å². The molecule has 0 atom stereocenters. The maximum atomic E-state index is 11.9. The Hall–Kier alpha value is -2.31. The van der Waals surface area contributed by atoms with E-state index in [0.717, 1.165) is 0 Å². The second kappa shape index (κ2) is 3.09. The zero-order valence-electron chi connectivity index (χ0n) is 8.53. The summed E-state index contributed by atoms with van der Waals surface area (Å²) < 4.78 is 2.98. The van der Waals surface area contributed by atoms with Gasteiger partial charge in [-0.05, 0) is 6.92 Å². The zero-order chi connectivity index (χ0) is 11.1. The Labute approximate surface area is 89.4 Å². The van der Waals surface area contributed by atoms with Crippen LogP contribution in [-0.2, 0) is 6.54 Å². The van der Waals surface area contributed by atoms with Crippen molar-refractivity contribution in [2.75, 3.05) is 0 Å². The third-order valence-electron chi connectivity index (χ3n) is 2.41. The lowest BCUT2D eigenvalue weighted by atomic mass is 10.5. The van der Waals surface area contributed by atoms with Crippen molar-refractivity contribution < 1.29 is 0 Å². The first-order valence-electron chi connectivity index (χ1n) is 4.87. The van der Waals surface area contributed by atoms with Crippen LogP contribution in [0, 0.1) is 0 Å². The van der Waals surface area contributed by atoms with Crippen LogP contribution in [0.4, 0.5) is 0 Å². The Kier molecular flexibility index (Phi) is 1.73. The third kappa shape index (κ3) is 1.05. The summed E-state index contributed by atoms with van der Waals surface area (Å²) in [4.78, 5) is 16.1. The van der Waals surface area contributed by atoms with Crippen molar-refractivity contribution in [1.82, 2.24) is 29.4 Å². The maximum Gasteiger partial charge on any atom is 0.283 e. The second-order valence-corrected chi connectivity index (χ2v) is 3.31. The van der Waals surface area contributed by atoms with Gasteiger partial charge >= 0.3 is 0 Å². The molecule has 7 heteroatoms. The molecule has 0 N–H and O–H groups in total. The number of aryl methyl sites for hydroxylation is 1. The number of aromatic nitrogens is 6. The van der Waals surface area contributed by atoms with Crippen LogP contribution in [0.15, 0.2) is 23.4 Å². The molecule has 7 nitrogen and oxygen atoms in total. The lowest BCUT2D eigenvalue weighted by molar-refractivity contribution is 0.709. The molecule has 0 aromatic carbocycles. The molecule has 3 rings (SSSR count). The van der Waals surface area contributed by atoms with E-state index in [2.05, 4.69) is 20.3 Å². The van der Waals surface area contributed by atoms with Gasteiger partial charge in [-0.2, -0.15) is 9.61 Å². The van der Waals surface area contributed by atoms with Gasteiger partial charge in [-0.1, -0.05) is 0 Å². The molecule has 0 radical (unpaired) electrons. The first-order chi connectivity index (χ1) is 7.81. The molecule has 0 spiro atoms. The third-order valence-corrected chi connectivity index (χ3v) is 2.41. The van der Waals surface area contributed by atoms with Crippen LogP contribution in [-0.4, -0.2) is 29.4 Å². The maximum absolute atomic E-state index is 11.9. The smallest absolute Gasteiger partial charge is 0.283 e. The van der Waals surface area contributed by atoms with Crippen molar-refractivity contribution in [3.8, 4) is 0 Å². The summed E-state index contributed by atoms with van der Waals surface area (Å²) in [6, 6.07) is 1.71. The van der Waals surface area contributed by atoms with E-state index < -0.39 is 0 Å². The molecule has 0 fully saturated rings. The molecule has 0 aliphatic carbocycles. The van der Waals surface area contributed by atoms with E-state index in [1.54, 1.807) is 12.3 Å². The summed E-state index contributed by atoms with van der Waals surface area (Å²) in [5.41, 5.74) is 1.05. The van der Waals surface area contributed by atoms with Gasteiger partial charge in [0.15, 0.2) is 16.8 Å². The highest BCUT2D eigenvalue weighted by Gasteiger charge is 2.09. The highest BCUT2D eigenvalue weighted by molar-refractivity contribution is 5.70. The predicted octanol–water partition coefficient (Wildman–Crippen LogP) is -0.146. The van der Waals surface area contributed by atoms with Crippen LogP contribution in [0.1, 0.15) is 6.92 Å². The first kappa shape index (κ1) is 8.96. The molecular weight excluding hydrogens is 208 g/mol. The topological polar surface area (TPSA) is 78.0 Å². The molecule has 16 heavy (non-hydrogen) atoms. The Morgan fingerprint density at radius 1 is 1.38 bits per heavy atom. The first-order valence-corrected chi connectivity index (χ1v) is 4.87. The van der Waals surface area contributed by atoms with Gasteiger partial charge in [0.25, 0.3) is 5.56 Å². The minimum Gasteiger partial charge on any atom is -0.297 e. The quantitative estimate of drug-likeness (QED) is 0.565. The SMILES string of the molecule is CCn1cnc2c(nnc3ccnn32)c1=O. The van der Waals surface area contributed by atoms with E-state index in [1.165, 1.54) is 15.4 Å². The summed E-state index contributed by atoms with van der Waals surface area (Å²) in [5, 5.41) is 11.8. The Morgan fingerprint density at radius 2 is 2.25 bits per heavy atom. The fourth-order valence-electron chi connectivity index (χ4n) is 1.57.